The second-order valence-electron chi connectivity index (χ2n) is 4.21. The predicted molar refractivity (Wildman–Crippen MR) is 63.6 cm³/mol. The summed E-state index contributed by atoms with van der Waals surface area (Å²) in [5, 5.41) is 0. The molecule has 0 unspecified atom stereocenters. The van der Waals surface area contributed by atoms with Crippen molar-refractivity contribution in [1.82, 2.24) is 0 Å². The SMILES string of the molecule is CC(C)(C)[NH-].C[Si](C)=[Ti+2].[Cl-].[Cl-].c1cc[cH-]c1. The Morgan fingerprint density at radius 3 is 1.31 bits per heavy atom. The van der Waals surface area contributed by atoms with Gasteiger partial charge in [0.25, 0.3) is 0 Å². The predicted octanol–water partition coefficient (Wildman–Crippen LogP) is -1.97. The molecule has 0 saturated heterocycles. The molecule has 0 aliphatic heterocycles. The van der Waals surface area contributed by atoms with Gasteiger partial charge in [0.05, 0.1) is 0 Å². The van der Waals surface area contributed by atoms with Crippen LogP contribution in [0.2, 0.25) is 13.1 Å². The van der Waals surface area contributed by atoms with Crippen LogP contribution in [0, 0.1) is 0 Å². The first-order valence-corrected chi connectivity index (χ1v) is 9.51. The Bertz CT molecular complexity index is 193. The molecule has 1 rings (SSSR count). The van der Waals surface area contributed by atoms with Gasteiger partial charge in [-0.3, -0.25) is 0 Å². The number of rotatable bonds is 0. The van der Waals surface area contributed by atoms with Crippen molar-refractivity contribution in [2.24, 2.45) is 0 Å². The van der Waals surface area contributed by atoms with E-state index in [-0.39, 0.29) is 36.5 Å². The number of hydrogen-bond acceptors (Lipinski definition) is 0. The Kier molecular flexibility index (Phi) is 25.3. The molecule has 0 aliphatic rings. The van der Waals surface area contributed by atoms with Crippen LogP contribution in [-0.2, 0) is 19.2 Å². The van der Waals surface area contributed by atoms with Crippen LogP contribution in [-0.4, -0.2) is 11.7 Å². The van der Waals surface area contributed by atoms with Gasteiger partial charge >= 0.3 is 38.5 Å². The van der Waals surface area contributed by atoms with E-state index in [0.717, 1.165) is 0 Å². The van der Waals surface area contributed by atoms with Gasteiger partial charge in [-0.05, 0) is 0 Å². The fourth-order valence-electron chi connectivity index (χ4n) is 0.321. The van der Waals surface area contributed by atoms with Crippen molar-refractivity contribution in [2.45, 2.75) is 39.4 Å². The topological polar surface area (TPSA) is 23.8 Å². The van der Waals surface area contributed by atoms with Crippen LogP contribution in [0.5, 0.6) is 0 Å². The molecular weight excluding hydrogens is 293 g/mol. The first-order chi connectivity index (χ1) is 6.23. The summed E-state index contributed by atoms with van der Waals surface area (Å²) >= 11 is 2.27. The summed E-state index contributed by atoms with van der Waals surface area (Å²) in [7, 11) is 0. The zero-order chi connectivity index (χ0) is 11.6. The summed E-state index contributed by atoms with van der Waals surface area (Å²) < 4.78 is 0. The molecule has 94 valence electrons. The largest absolute Gasteiger partial charge is 1.00 e. The molecule has 5 heteroatoms. The molecule has 1 aromatic carbocycles. The van der Waals surface area contributed by atoms with Crippen LogP contribution in [0.3, 0.4) is 0 Å². The maximum atomic E-state index is 6.94. The maximum Gasteiger partial charge on any atom is -0.172 e. The molecule has 0 heterocycles. The van der Waals surface area contributed by atoms with Crippen LogP contribution >= 0.6 is 0 Å². The molecule has 0 bridgehead atoms. The first kappa shape index (κ1) is 25.6. The molecule has 0 amide bonds. The minimum Gasteiger partial charge on any atom is -1.00 e. The monoisotopic (exact) mass is 313 g/mol. The molecule has 0 fully saturated rings. The maximum absolute atomic E-state index is 6.94. The van der Waals surface area contributed by atoms with Gasteiger partial charge in [-0.25, -0.2) is 12.1 Å². The van der Waals surface area contributed by atoms with Crippen LogP contribution < -0.4 is 24.8 Å². The van der Waals surface area contributed by atoms with Gasteiger partial charge in [0.2, 0.25) is 0 Å². The van der Waals surface area contributed by atoms with Crippen LogP contribution in [0.1, 0.15) is 20.8 Å². The Hall–Kier alpha value is 0.821. The third kappa shape index (κ3) is 83.6. The van der Waals surface area contributed by atoms with E-state index in [2.05, 4.69) is 32.3 Å². The van der Waals surface area contributed by atoms with Crippen LogP contribution in [0.15, 0.2) is 30.3 Å². The third-order valence-corrected chi connectivity index (χ3v) is 0.556. The Morgan fingerprint density at radius 1 is 1.06 bits per heavy atom. The van der Waals surface area contributed by atoms with Crippen molar-refractivity contribution < 1.29 is 44.0 Å². The summed E-state index contributed by atoms with van der Waals surface area (Å²) in [6, 6.07) is 10.0. The van der Waals surface area contributed by atoms with E-state index in [1.807, 2.05) is 51.1 Å². The molecule has 0 atom stereocenters. The molecular formula is C11H21Cl2NSiTi-2. The Morgan fingerprint density at radius 2 is 1.25 bits per heavy atom. The van der Waals surface area contributed by atoms with Gasteiger partial charge in [-0.1, -0.05) is 20.8 Å². The average molecular weight is 314 g/mol. The van der Waals surface area contributed by atoms with Gasteiger partial charge in [0.1, 0.15) is 0 Å². The van der Waals surface area contributed by atoms with Gasteiger partial charge in [-0.15, -0.1) is 5.54 Å². The molecule has 0 radical (unpaired) electrons. The molecule has 16 heavy (non-hydrogen) atoms. The van der Waals surface area contributed by atoms with Crippen molar-refractivity contribution >= 4 is 6.19 Å². The van der Waals surface area contributed by atoms with Crippen LogP contribution in [0.4, 0.5) is 0 Å². The van der Waals surface area contributed by atoms with Crippen molar-refractivity contribution in [2.75, 3.05) is 0 Å². The molecule has 1 nitrogen and oxygen atoms in total. The van der Waals surface area contributed by atoms with E-state index < -0.39 is 0 Å². The summed E-state index contributed by atoms with van der Waals surface area (Å²) in [6.45, 7) is 10.1. The molecule has 0 saturated carbocycles. The van der Waals surface area contributed by atoms with Gasteiger partial charge in [-0.2, -0.15) is 18.2 Å². The second kappa shape index (κ2) is 15.8. The summed E-state index contributed by atoms with van der Waals surface area (Å²) in [4.78, 5) is 0. The fraction of sp³-hybridized carbons (Fsp3) is 0.545. The molecule has 0 aliphatic carbocycles. The Balaban J connectivity index is -0.0000000641. The van der Waals surface area contributed by atoms with E-state index in [0.29, 0.717) is 0 Å². The zero-order valence-electron chi connectivity index (χ0n) is 10.6. The number of nitrogens with one attached hydrogen (secondary N) is 1. The standard InChI is InChI=1S/C5H5.C4H10N.C2H6Si.2ClH.Ti/c1-2-4-5-3-1;1-4(2,3)5;1-3-2;;;/h1-5H;5H,1-3H3;1-2H3;2*1H;/q2*-1;;;;+2/p-2. The first-order valence-electron chi connectivity index (χ1n) is 4.67. The van der Waals surface area contributed by atoms with E-state index in [1.54, 1.807) is 0 Å². The van der Waals surface area contributed by atoms with Crippen LogP contribution in [0.25, 0.3) is 5.73 Å². The number of halogens is 2. The van der Waals surface area contributed by atoms with Gasteiger partial charge < -0.3 is 30.5 Å². The third-order valence-electron chi connectivity index (χ3n) is 0.556. The normalized spacial score (nSPS) is 8.00. The van der Waals surface area contributed by atoms with Crippen molar-refractivity contribution in [3.8, 4) is 0 Å². The quantitative estimate of drug-likeness (QED) is 0.392. The van der Waals surface area contributed by atoms with E-state index in [4.69, 9.17) is 5.73 Å². The molecule has 0 aromatic heterocycles. The van der Waals surface area contributed by atoms with Gasteiger partial charge in [0.15, 0.2) is 0 Å². The van der Waals surface area contributed by atoms with Gasteiger partial charge in [0, 0.05) is 0 Å². The number of hydrogen-bond donors (Lipinski definition) is 0. The summed E-state index contributed by atoms with van der Waals surface area (Å²) in [5.41, 5.74) is 6.69. The van der Waals surface area contributed by atoms with Crippen molar-refractivity contribution in [3.63, 3.8) is 0 Å². The molecule has 1 aromatic rings. The molecule has 1 N–H and O–H groups in total. The minimum absolute atomic E-state index is 0. The van der Waals surface area contributed by atoms with E-state index in [9.17, 15) is 0 Å². The average Bonchev–Trinajstić information content (AvgIpc) is 2.32. The van der Waals surface area contributed by atoms with Crippen molar-refractivity contribution in [1.29, 1.82) is 0 Å². The Labute approximate surface area is 125 Å². The summed E-state index contributed by atoms with van der Waals surface area (Å²) in [5.74, 6) is 0. The second-order valence-corrected chi connectivity index (χ2v) is 10.9. The van der Waals surface area contributed by atoms with E-state index >= 15 is 0 Å². The molecule has 0 spiro atoms. The fourth-order valence-corrected chi connectivity index (χ4v) is 0.321. The smallest absolute Gasteiger partial charge is 0.172 e. The van der Waals surface area contributed by atoms with E-state index in [1.165, 1.54) is 0 Å². The van der Waals surface area contributed by atoms with Crippen molar-refractivity contribution in [3.05, 3.63) is 36.1 Å². The zero-order valence-corrected chi connectivity index (χ0v) is 14.7. The summed E-state index contributed by atoms with van der Waals surface area (Å²) in [6.07, 6.45) is 0.120. The minimum atomic E-state index is -0.250.